The van der Waals surface area contributed by atoms with Crippen LogP contribution in [-0.2, 0) is 11.2 Å². The van der Waals surface area contributed by atoms with Gasteiger partial charge in [0.1, 0.15) is 5.75 Å². The van der Waals surface area contributed by atoms with E-state index < -0.39 is 0 Å². The van der Waals surface area contributed by atoms with Crippen molar-refractivity contribution >= 4 is 17.5 Å². The maximum Gasteiger partial charge on any atom is 0.259 e. The van der Waals surface area contributed by atoms with Crippen molar-refractivity contribution in [1.82, 2.24) is 5.32 Å². The summed E-state index contributed by atoms with van der Waals surface area (Å²) in [6.07, 6.45) is 0.755. The van der Waals surface area contributed by atoms with E-state index in [9.17, 15) is 9.59 Å². The first-order chi connectivity index (χ1) is 15.2. The second-order valence-corrected chi connectivity index (χ2v) is 6.86. The van der Waals surface area contributed by atoms with Crippen molar-refractivity contribution in [2.45, 2.75) is 6.42 Å². The number of carbonyl (C=O) groups excluding carboxylic acids is 2. The SMILES string of the molecule is COCCNC(=O)c1ccc(NC(=O)c2ccccc2OCCc2ccccc2)cc1. The van der Waals surface area contributed by atoms with Gasteiger partial charge in [-0.2, -0.15) is 0 Å². The minimum atomic E-state index is -0.271. The third-order valence-electron chi connectivity index (χ3n) is 4.62. The molecule has 0 unspecified atom stereocenters. The van der Waals surface area contributed by atoms with Crippen LogP contribution in [0.25, 0.3) is 0 Å². The molecule has 31 heavy (non-hydrogen) atoms. The van der Waals surface area contributed by atoms with Gasteiger partial charge < -0.3 is 20.1 Å². The topological polar surface area (TPSA) is 76.7 Å². The van der Waals surface area contributed by atoms with Crippen molar-refractivity contribution in [1.29, 1.82) is 0 Å². The Balaban J connectivity index is 1.58. The van der Waals surface area contributed by atoms with Crippen molar-refractivity contribution in [3.8, 4) is 5.75 Å². The van der Waals surface area contributed by atoms with E-state index in [0.717, 1.165) is 6.42 Å². The summed E-state index contributed by atoms with van der Waals surface area (Å²) in [6, 6.07) is 23.9. The fourth-order valence-corrected chi connectivity index (χ4v) is 2.98. The number of amides is 2. The maximum absolute atomic E-state index is 12.8. The van der Waals surface area contributed by atoms with E-state index in [1.54, 1.807) is 49.6 Å². The molecular weight excluding hydrogens is 392 g/mol. The van der Waals surface area contributed by atoms with Crippen LogP contribution in [-0.4, -0.2) is 38.7 Å². The van der Waals surface area contributed by atoms with Gasteiger partial charge in [-0.1, -0.05) is 42.5 Å². The number of methoxy groups -OCH3 is 1. The molecule has 0 atom stereocenters. The Morgan fingerprint density at radius 3 is 2.26 bits per heavy atom. The van der Waals surface area contributed by atoms with Gasteiger partial charge in [0.15, 0.2) is 0 Å². The Morgan fingerprint density at radius 2 is 1.52 bits per heavy atom. The summed E-state index contributed by atoms with van der Waals surface area (Å²) in [4.78, 5) is 24.8. The van der Waals surface area contributed by atoms with E-state index in [2.05, 4.69) is 10.6 Å². The first-order valence-electron chi connectivity index (χ1n) is 10.1. The van der Waals surface area contributed by atoms with Gasteiger partial charge in [-0.25, -0.2) is 0 Å². The molecule has 0 aliphatic rings. The number of rotatable bonds is 10. The molecule has 160 valence electrons. The standard InChI is InChI=1S/C25H26N2O4/c1-30-18-16-26-24(28)20-11-13-21(14-12-20)27-25(29)22-9-5-6-10-23(22)31-17-15-19-7-3-2-4-8-19/h2-14H,15-18H2,1H3,(H,26,28)(H,27,29). The van der Waals surface area contributed by atoms with Crippen molar-refractivity contribution in [2.24, 2.45) is 0 Å². The normalized spacial score (nSPS) is 10.4. The number of nitrogens with one attached hydrogen (secondary N) is 2. The highest BCUT2D eigenvalue weighted by Gasteiger charge is 2.13. The summed E-state index contributed by atoms with van der Waals surface area (Å²) in [7, 11) is 1.58. The zero-order valence-electron chi connectivity index (χ0n) is 17.5. The molecule has 0 heterocycles. The third kappa shape index (κ3) is 6.69. The highest BCUT2D eigenvalue weighted by atomic mass is 16.5. The third-order valence-corrected chi connectivity index (χ3v) is 4.62. The van der Waals surface area contributed by atoms with Crippen molar-refractivity contribution in [2.75, 3.05) is 32.2 Å². The average Bonchev–Trinajstić information content (AvgIpc) is 2.80. The van der Waals surface area contributed by atoms with Crippen LogP contribution in [0.15, 0.2) is 78.9 Å². The molecule has 0 aliphatic heterocycles. The average molecular weight is 418 g/mol. The lowest BCUT2D eigenvalue weighted by atomic mass is 10.1. The summed E-state index contributed by atoms with van der Waals surface area (Å²) in [6.45, 7) is 1.36. The number of hydrogen-bond acceptors (Lipinski definition) is 4. The number of ether oxygens (including phenoxy) is 2. The Bertz CT molecular complexity index is 988. The Hall–Kier alpha value is -3.64. The first-order valence-corrected chi connectivity index (χ1v) is 10.1. The van der Waals surface area contributed by atoms with Gasteiger partial charge in [0.05, 0.1) is 18.8 Å². The maximum atomic E-state index is 12.8. The molecule has 3 aromatic rings. The van der Waals surface area contributed by atoms with Gasteiger partial charge in [-0.3, -0.25) is 9.59 Å². The van der Waals surface area contributed by atoms with E-state index in [4.69, 9.17) is 9.47 Å². The molecule has 2 N–H and O–H groups in total. The zero-order chi connectivity index (χ0) is 21.9. The molecule has 0 saturated carbocycles. The molecule has 0 radical (unpaired) electrons. The van der Waals surface area contributed by atoms with E-state index in [-0.39, 0.29) is 11.8 Å². The van der Waals surface area contributed by atoms with Crippen LogP contribution in [0, 0.1) is 0 Å². The molecule has 3 rings (SSSR count). The summed E-state index contributed by atoms with van der Waals surface area (Å²) >= 11 is 0. The second-order valence-electron chi connectivity index (χ2n) is 6.86. The Labute approximate surface area is 182 Å². The van der Waals surface area contributed by atoms with E-state index >= 15 is 0 Å². The van der Waals surface area contributed by atoms with Gasteiger partial charge >= 0.3 is 0 Å². The lowest BCUT2D eigenvalue weighted by molar-refractivity contribution is 0.0936. The van der Waals surface area contributed by atoms with Crippen LogP contribution in [0.5, 0.6) is 5.75 Å². The first kappa shape index (κ1) is 22.1. The fraction of sp³-hybridized carbons (Fsp3) is 0.200. The lowest BCUT2D eigenvalue weighted by Gasteiger charge is -2.12. The van der Waals surface area contributed by atoms with E-state index in [0.29, 0.717) is 42.3 Å². The predicted octanol–water partition coefficient (Wildman–Crippen LogP) is 3.94. The van der Waals surface area contributed by atoms with Crippen molar-refractivity contribution < 1.29 is 19.1 Å². The van der Waals surface area contributed by atoms with Crippen LogP contribution >= 0.6 is 0 Å². The van der Waals surface area contributed by atoms with Gasteiger partial charge in [-0.15, -0.1) is 0 Å². The van der Waals surface area contributed by atoms with Gasteiger partial charge in [0, 0.05) is 31.3 Å². The molecule has 0 aromatic heterocycles. The molecule has 6 nitrogen and oxygen atoms in total. The van der Waals surface area contributed by atoms with Crippen molar-refractivity contribution in [3.63, 3.8) is 0 Å². The van der Waals surface area contributed by atoms with Crippen molar-refractivity contribution in [3.05, 3.63) is 95.6 Å². The second kappa shape index (κ2) is 11.5. The molecule has 0 aliphatic carbocycles. The molecule has 0 spiro atoms. The highest BCUT2D eigenvalue weighted by molar-refractivity contribution is 6.06. The zero-order valence-corrected chi connectivity index (χ0v) is 17.5. The number of anilines is 1. The van der Waals surface area contributed by atoms with Crippen LogP contribution in [0.1, 0.15) is 26.3 Å². The molecule has 0 bridgehead atoms. The quantitative estimate of drug-likeness (QED) is 0.489. The molecule has 0 fully saturated rings. The number of benzene rings is 3. The van der Waals surface area contributed by atoms with Crippen LogP contribution in [0.2, 0.25) is 0 Å². The summed E-state index contributed by atoms with van der Waals surface area (Å²) in [5.41, 5.74) is 2.74. The highest BCUT2D eigenvalue weighted by Crippen LogP contribution is 2.20. The van der Waals surface area contributed by atoms with E-state index in [1.807, 2.05) is 36.4 Å². The fourth-order valence-electron chi connectivity index (χ4n) is 2.98. The van der Waals surface area contributed by atoms with Gasteiger partial charge in [-0.05, 0) is 42.0 Å². The number of hydrogen-bond donors (Lipinski definition) is 2. The number of carbonyl (C=O) groups is 2. The summed E-state index contributed by atoms with van der Waals surface area (Å²) in [5, 5.41) is 5.61. The molecule has 2 amide bonds. The lowest BCUT2D eigenvalue weighted by Crippen LogP contribution is -2.26. The molecule has 0 saturated heterocycles. The van der Waals surface area contributed by atoms with Gasteiger partial charge in [0.2, 0.25) is 0 Å². The summed E-state index contributed by atoms with van der Waals surface area (Å²) < 4.78 is 10.8. The Kier molecular flexibility index (Phi) is 8.20. The minimum Gasteiger partial charge on any atom is -0.492 e. The molecule has 3 aromatic carbocycles. The largest absolute Gasteiger partial charge is 0.492 e. The Morgan fingerprint density at radius 1 is 0.806 bits per heavy atom. The number of para-hydroxylation sites is 1. The van der Waals surface area contributed by atoms with Crippen LogP contribution in [0.3, 0.4) is 0 Å². The monoisotopic (exact) mass is 418 g/mol. The molecular formula is C25H26N2O4. The van der Waals surface area contributed by atoms with Gasteiger partial charge in [0.25, 0.3) is 11.8 Å². The smallest absolute Gasteiger partial charge is 0.259 e. The van der Waals surface area contributed by atoms with Crippen LogP contribution < -0.4 is 15.4 Å². The van der Waals surface area contributed by atoms with Crippen LogP contribution in [0.4, 0.5) is 5.69 Å². The minimum absolute atomic E-state index is 0.188. The molecule has 6 heteroatoms. The predicted molar refractivity (Wildman–Crippen MR) is 121 cm³/mol. The van der Waals surface area contributed by atoms with E-state index in [1.165, 1.54) is 5.56 Å². The summed E-state index contributed by atoms with van der Waals surface area (Å²) in [5.74, 6) is 0.0739.